The monoisotopic (exact) mass is 230 g/mol. The lowest BCUT2D eigenvalue weighted by Gasteiger charge is -2.40. The van der Waals surface area contributed by atoms with Crippen molar-refractivity contribution in [3.8, 4) is 0 Å². The van der Waals surface area contributed by atoms with E-state index in [1.807, 2.05) is 0 Å². The molecule has 0 fully saturated rings. The minimum absolute atomic E-state index is 0.392. The second kappa shape index (κ2) is 4.98. The van der Waals surface area contributed by atoms with Crippen LogP contribution in [0, 0.1) is 10.8 Å². The van der Waals surface area contributed by atoms with Crippen LogP contribution >= 0.6 is 0 Å². The fraction of sp³-hybridized carbons (Fsp3) is 1.00. The third-order valence-corrected chi connectivity index (χ3v) is 7.86. The van der Waals surface area contributed by atoms with Crippen LogP contribution in [0.3, 0.4) is 0 Å². The maximum atomic E-state index is 3.61. The molecule has 3 heteroatoms. The Kier molecular flexibility index (Phi) is 5.02. The largest absolute Gasteiger partial charge is 0.328 e. The van der Waals surface area contributed by atoms with Crippen molar-refractivity contribution in [2.75, 3.05) is 14.1 Å². The Morgan fingerprint density at radius 1 is 0.733 bits per heavy atom. The minimum atomic E-state index is -1.51. The molecule has 0 amide bonds. The molecule has 0 atom stereocenters. The fourth-order valence-electron chi connectivity index (χ4n) is 2.35. The number of hydrogen-bond acceptors (Lipinski definition) is 2. The Hall–Kier alpha value is 0.137. The summed E-state index contributed by atoms with van der Waals surface area (Å²) in [6.45, 7) is 14.0. The number of nitrogens with one attached hydrogen (secondary N) is 2. The summed E-state index contributed by atoms with van der Waals surface area (Å²) in [4.78, 5) is 7.21. The highest BCUT2D eigenvalue weighted by Gasteiger charge is 2.38. The first-order valence-corrected chi connectivity index (χ1v) is 8.33. The van der Waals surface area contributed by atoms with E-state index in [2.05, 4.69) is 65.6 Å². The molecule has 0 aliphatic rings. The van der Waals surface area contributed by atoms with Gasteiger partial charge in [0.2, 0.25) is 8.40 Å². The molecule has 0 spiro atoms. The number of rotatable bonds is 4. The molecule has 0 aliphatic carbocycles. The molecule has 0 bridgehead atoms. The summed E-state index contributed by atoms with van der Waals surface area (Å²) in [5, 5.41) is 0. The number of hydrogen-bond donors (Lipinski definition) is 2. The van der Waals surface area contributed by atoms with Crippen LogP contribution in [0.15, 0.2) is 0 Å². The predicted octanol–water partition coefficient (Wildman–Crippen LogP) is 2.96. The summed E-state index contributed by atoms with van der Waals surface area (Å²) in [7, 11) is 2.71. The van der Waals surface area contributed by atoms with Crippen LogP contribution in [0.25, 0.3) is 0 Å². The Morgan fingerprint density at radius 3 is 1.13 bits per heavy atom. The van der Waals surface area contributed by atoms with Crippen LogP contribution in [-0.2, 0) is 0 Å². The predicted molar refractivity (Wildman–Crippen MR) is 72.4 cm³/mol. The van der Waals surface area contributed by atoms with Crippen molar-refractivity contribution in [1.82, 2.24) is 9.96 Å². The zero-order chi connectivity index (χ0) is 12.3. The molecule has 2 nitrogen and oxygen atoms in total. The first-order valence-electron chi connectivity index (χ1n) is 5.91. The van der Waals surface area contributed by atoms with Gasteiger partial charge in [-0.05, 0) is 37.0 Å². The van der Waals surface area contributed by atoms with E-state index in [0.717, 1.165) is 0 Å². The maximum absolute atomic E-state index is 3.61. The molecule has 0 saturated carbocycles. The summed E-state index contributed by atoms with van der Waals surface area (Å²) < 4.78 is 0. The lowest BCUT2D eigenvalue weighted by molar-refractivity contribution is 0.423. The van der Waals surface area contributed by atoms with Crippen LogP contribution in [0.2, 0.25) is 12.1 Å². The van der Waals surface area contributed by atoms with Crippen molar-refractivity contribution in [3.05, 3.63) is 0 Å². The maximum Gasteiger partial charge on any atom is 0.201 e. The summed E-state index contributed by atoms with van der Waals surface area (Å²) >= 11 is 0. The van der Waals surface area contributed by atoms with Gasteiger partial charge in [-0.15, -0.1) is 0 Å². The van der Waals surface area contributed by atoms with Gasteiger partial charge in [-0.3, -0.25) is 0 Å². The molecule has 92 valence electrons. The molecular formula is C12H30N2Si. The van der Waals surface area contributed by atoms with Crippen LogP contribution in [0.4, 0.5) is 0 Å². The van der Waals surface area contributed by atoms with Crippen molar-refractivity contribution in [2.24, 2.45) is 10.8 Å². The van der Waals surface area contributed by atoms with Crippen LogP contribution in [0.5, 0.6) is 0 Å². The Morgan fingerprint density at radius 2 is 1.00 bits per heavy atom. The molecule has 2 N–H and O–H groups in total. The topological polar surface area (TPSA) is 24.1 Å². The molecule has 0 aromatic carbocycles. The molecule has 0 saturated heterocycles. The molecule has 0 radical (unpaired) electrons. The second-order valence-corrected chi connectivity index (χ2v) is 10.9. The van der Waals surface area contributed by atoms with Gasteiger partial charge in [0, 0.05) is 0 Å². The van der Waals surface area contributed by atoms with Crippen molar-refractivity contribution in [3.63, 3.8) is 0 Å². The molecule has 0 aromatic heterocycles. The lowest BCUT2D eigenvalue weighted by Crippen LogP contribution is -2.62. The minimum Gasteiger partial charge on any atom is -0.328 e. The van der Waals surface area contributed by atoms with Crippen molar-refractivity contribution < 1.29 is 0 Å². The SMILES string of the molecule is CN[Si](CC(C)(C)C)(CC(C)(C)C)NC. The van der Waals surface area contributed by atoms with Crippen molar-refractivity contribution in [1.29, 1.82) is 0 Å². The van der Waals surface area contributed by atoms with Gasteiger partial charge in [0.25, 0.3) is 0 Å². The van der Waals surface area contributed by atoms with Gasteiger partial charge in [-0.2, -0.15) is 0 Å². The summed E-state index contributed by atoms with van der Waals surface area (Å²) in [6, 6.07) is 2.54. The van der Waals surface area contributed by atoms with Gasteiger partial charge in [-0.25, -0.2) is 0 Å². The first kappa shape index (κ1) is 15.1. The quantitative estimate of drug-likeness (QED) is 0.726. The average molecular weight is 230 g/mol. The van der Waals surface area contributed by atoms with E-state index in [1.165, 1.54) is 12.1 Å². The Bertz CT molecular complexity index is 167. The van der Waals surface area contributed by atoms with Gasteiger partial charge < -0.3 is 9.96 Å². The summed E-state index contributed by atoms with van der Waals surface area (Å²) in [5.41, 5.74) is 0.785. The highest BCUT2D eigenvalue weighted by atomic mass is 28.3. The third kappa shape index (κ3) is 6.33. The second-order valence-electron chi connectivity index (χ2n) is 7.06. The van der Waals surface area contributed by atoms with Gasteiger partial charge >= 0.3 is 0 Å². The molecule has 15 heavy (non-hydrogen) atoms. The smallest absolute Gasteiger partial charge is 0.201 e. The van der Waals surface area contributed by atoms with Gasteiger partial charge in [0.15, 0.2) is 0 Å². The highest BCUT2D eigenvalue weighted by molar-refractivity contribution is 6.75. The standard InChI is InChI=1S/C12H30N2Si/c1-11(2,3)9-15(13-7,14-8)10-12(4,5)6/h13-14H,9-10H2,1-8H3. The fourth-order valence-corrected chi connectivity index (χ4v) is 7.06. The summed E-state index contributed by atoms with van der Waals surface area (Å²) in [6.07, 6.45) is 0. The highest BCUT2D eigenvalue weighted by Crippen LogP contribution is 2.33. The Labute approximate surface area is 97.4 Å². The molecule has 0 unspecified atom stereocenters. The van der Waals surface area contributed by atoms with E-state index >= 15 is 0 Å². The molecular weight excluding hydrogens is 200 g/mol. The average Bonchev–Trinajstić information content (AvgIpc) is 1.98. The third-order valence-electron chi connectivity index (χ3n) is 2.62. The van der Waals surface area contributed by atoms with E-state index in [1.54, 1.807) is 0 Å². The first-order chi connectivity index (χ1) is 6.54. The van der Waals surface area contributed by atoms with Crippen molar-refractivity contribution in [2.45, 2.75) is 53.6 Å². The van der Waals surface area contributed by atoms with Crippen LogP contribution < -0.4 is 9.96 Å². The van der Waals surface area contributed by atoms with Gasteiger partial charge in [-0.1, -0.05) is 41.5 Å². The van der Waals surface area contributed by atoms with E-state index in [0.29, 0.717) is 10.8 Å². The van der Waals surface area contributed by atoms with Gasteiger partial charge in [0.05, 0.1) is 0 Å². The van der Waals surface area contributed by atoms with Crippen molar-refractivity contribution >= 4 is 8.40 Å². The van der Waals surface area contributed by atoms with Crippen LogP contribution in [-0.4, -0.2) is 22.5 Å². The molecule has 0 aromatic rings. The molecule has 0 rings (SSSR count). The van der Waals surface area contributed by atoms with E-state index in [-0.39, 0.29) is 0 Å². The van der Waals surface area contributed by atoms with E-state index in [9.17, 15) is 0 Å². The normalized spacial score (nSPS) is 14.4. The van der Waals surface area contributed by atoms with Crippen LogP contribution in [0.1, 0.15) is 41.5 Å². The zero-order valence-corrected chi connectivity index (χ0v) is 12.9. The molecule has 0 heterocycles. The Balaban J connectivity index is 4.74. The zero-order valence-electron chi connectivity index (χ0n) is 11.9. The van der Waals surface area contributed by atoms with E-state index in [4.69, 9.17) is 0 Å². The molecule has 0 aliphatic heterocycles. The van der Waals surface area contributed by atoms with E-state index < -0.39 is 8.40 Å². The summed E-state index contributed by atoms with van der Waals surface area (Å²) in [5.74, 6) is 0. The lowest BCUT2D eigenvalue weighted by atomic mass is 10.00. The van der Waals surface area contributed by atoms with Gasteiger partial charge in [0.1, 0.15) is 0 Å².